The maximum Gasteiger partial charge on any atom is 0.328 e. The minimum absolute atomic E-state index is 0.0448. The number of hydrogen-bond donors (Lipinski definition) is 2. The third-order valence-corrected chi connectivity index (χ3v) is 4.89. The summed E-state index contributed by atoms with van der Waals surface area (Å²) in [5.41, 5.74) is 2.89. The summed E-state index contributed by atoms with van der Waals surface area (Å²) in [5, 5.41) is 3.64. The summed E-state index contributed by atoms with van der Waals surface area (Å²) >= 11 is 0. The van der Waals surface area contributed by atoms with Crippen molar-refractivity contribution in [2.45, 2.75) is 25.6 Å². The van der Waals surface area contributed by atoms with Crippen molar-refractivity contribution in [3.63, 3.8) is 0 Å². The van der Waals surface area contributed by atoms with Crippen molar-refractivity contribution in [1.29, 1.82) is 0 Å². The number of hydrogen-bond acceptors (Lipinski definition) is 5. The van der Waals surface area contributed by atoms with Gasteiger partial charge in [-0.05, 0) is 17.2 Å². The van der Waals surface area contributed by atoms with Crippen molar-refractivity contribution in [2.24, 2.45) is 4.99 Å². The quantitative estimate of drug-likeness (QED) is 0.632. The molecule has 0 saturated carbocycles. The van der Waals surface area contributed by atoms with Gasteiger partial charge in [-0.1, -0.05) is 55.5 Å². The van der Waals surface area contributed by atoms with Gasteiger partial charge in [-0.3, -0.25) is 14.9 Å². The molecule has 4 rings (SSSR count). The topological polar surface area (TPSA) is 92.8 Å². The predicted octanol–water partition coefficient (Wildman–Crippen LogP) is 2.89. The number of amides is 1. The zero-order chi connectivity index (χ0) is 20.2. The second-order valence-corrected chi connectivity index (χ2v) is 6.87. The lowest BCUT2D eigenvalue weighted by Crippen LogP contribution is -2.28. The molecule has 148 valence electrons. The number of aliphatic imine (C=N–C) groups is 1. The average Bonchev–Trinajstić information content (AvgIpc) is 3.34. The molecule has 0 bridgehead atoms. The fourth-order valence-electron chi connectivity index (χ4n) is 3.34. The van der Waals surface area contributed by atoms with E-state index in [4.69, 9.17) is 9.47 Å². The first kappa shape index (κ1) is 18.7. The molecule has 1 aliphatic rings. The standard InChI is InChI=1S/C22H21N3O4/c1-14(17-11-23-18-10-6-5-9-16(17)18)20-21(27)25-22(29-20)24-12-19(26)28-13-15-7-3-2-4-8-15/h2-11,14,20,23H,12-13H2,1H3,(H,24,25,27)/t14-,20+/m1/s1. The fourth-order valence-corrected chi connectivity index (χ4v) is 3.34. The lowest BCUT2D eigenvalue weighted by atomic mass is 9.94. The maximum absolute atomic E-state index is 12.4. The highest BCUT2D eigenvalue weighted by Gasteiger charge is 2.37. The Balaban J connectivity index is 1.36. The number of para-hydroxylation sites is 1. The van der Waals surface area contributed by atoms with Crippen LogP contribution in [0.1, 0.15) is 24.0 Å². The Morgan fingerprint density at radius 1 is 1.17 bits per heavy atom. The van der Waals surface area contributed by atoms with Gasteiger partial charge < -0.3 is 14.5 Å². The van der Waals surface area contributed by atoms with Crippen LogP contribution in [0, 0.1) is 0 Å². The Morgan fingerprint density at radius 3 is 2.76 bits per heavy atom. The largest absolute Gasteiger partial charge is 0.459 e. The molecule has 2 aromatic carbocycles. The van der Waals surface area contributed by atoms with E-state index < -0.39 is 12.1 Å². The van der Waals surface area contributed by atoms with E-state index in [1.165, 1.54) is 0 Å². The summed E-state index contributed by atoms with van der Waals surface area (Å²) in [6, 6.07) is 17.3. The minimum Gasteiger partial charge on any atom is -0.459 e. The molecule has 1 aliphatic heterocycles. The molecule has 7 nitrogen and oxygen atoms in total. The van der Waals surface area contributed by atoms with E-state index in [1.54, 1.807) is 0 Å². The Kier molecular flexibility index (Phi) is 5.29. The Labute approximate surface area is 167 Å². The molecule has 1 aromatic heterocycles. The molecule has 2 N–H and O–H groups in total. The highest BCUT2D eigenvalue weighted by molar-refractivity contribution is 6.03. The van der Waals surface area contributed by atoms with E-state index >= 15 is 0 Å². The van der Waals surface area contributed by atoms with Gasteiger partial charge in [-0.2, -0.15) is 0 Å². The number of carbonyl (C=O) groups excluding carboxylic acids is 2. The molecule has 7 heteroatoms. The Bertz CT molecular complexity index is 1060. The number of benzene rings is 2. The molecular formula is C22H21N3O4. The van der Waals surface area contributed by atoms with E-state index in [-0.39, 0.29) is 31.0 Å². The third-order valence-electron chi connectivity index (χ3n) is 4.89. The smallest absolute Gasteiger partial charge is 0.328 e. The zero-order valence-electron chi connectivity index (χ0n) is 15.9. The average molecular weight is 391 g/mol. The molecule has 3 aromatic rings. The van der Waals surface area contributed by atoms with E-state index in [9.17, 15) is 9.59 Å². The molecular weight excluding hydrogens is 370 g/mol. The maximum atomic E-state index is 12.4. The van der Waals surface area contributed by atoms with Crippen LogP contribution >= 0.6 is 0 Å². The summed E-state index contributed by atoms with van der Waals surface area (Å²) in [5.74, 6) is -0.963. The van der Waals surface area contributed by atoms with E-state index in [2.05, 4.69) is 15.3 Å². The second-order valence-electron chi connectivity index (χ2n) is 6.87. The monoisotopic (exact) mass is 391 g/mol. The van der Waals surface area contributed by atoms with Crippen molar-refractivity contribution in [3.8, 4) is 0 Å². The molecule has 29 heavy (non-hydrogen) atoms. The molecule has 1 amide bonds. The number of carbonyl (C=O) groups is 2. The lowest BCUT2D eigenvalue weighted by Gasteiger charge is -2.15. The second kappa shape index (κ2) is 8.18. The van der Waals surface area contributed by atoms with Crippen molar-refractivity contribution in [3.05, 3.63) is 71.9 Å². The van der Waals surface area contributed by atoms with Gasteiger partial charge in [0.1, 0.15) is 13.2 Å². The first-order valence-electron chi connectivity index (χ1n) is 9.39. The number of fused-ring (bicyclic) bond motifs is 1. The first-order chi connectivity index (χ1) is 14.1. The van der Waals surface area contributed by atoms with Crippen LogP contribution in [0.5, 0.6) is 0 Å². The highest BCUT2D eigenvalue weighted by Crippen LogP contribution is 2.30. The van der Waals surface area contributed by atoms with Gasteiger partial charge in [0, 0.05) is 23.0 Å². The van der Waals surface area contributed by atoms with Gasteiger partial charge in [0.05, 0.1) is 0 Å². The van der Waals surface area contributed by atoms with Crippen LogP contribution in [-0.2, 0) is 25.7 Å². The van der Waals surface area contributed by atoms with Gasteiger partial charge >= 0.3 is 5.97 Å². The normalized spacial score (nSPS) is 18.4. The number of aromatic nitrogens is 1. The fraction of sp³-hybridized carbons (Fsp3) is 0.227. The Morgan fingerprint density at radius 2 is 1.93 bits per heavy atom. The Hall–Kier alpha value is -3.61. The number of nitrogens with zero attached hydrogens (tertiary/aromatic N) is 1. The number of amidine groups is 1. The molecule has 2 heterocycles. The summed E-state index contributed by atoms with van der Waals surface area (Å²) in [6.07, 6.45) is 1.18. The highest BCUT2D eigenvalue weighted by atomic mass is 16.5. The molecule has 1 saturated heterocycles. The number of aromatic amines is 1. The molecule has 0 unspecified atom stereocenters. The van der Waals surface area contributed by atoms with Crippen LogP contribution in [-0.4, -0.2) is 35.5 Å². The third kappa shape index (κ3) is 4.13. The zero-order valence-corrected chi connectivity index (χ0v) is 15.9. The summed E-state index contributed by atoms with van der Waals surface area (Å²) < 4.78 is 10.9. The van der Waals surface area contributed by atoms with Crippen molar-refractivity contribution >= 4 is 28.8 Å². The molecule has 0 spiro atoms. The van der Waals surface area contributed by atoms with Gasteiger partial charge in [0.25, 0.3) is 11.9 Å². The van der Waals surface area contributed by atoms with Gasteiger partial charge in [0.2, 0.25) is 0 Å². The number of H-pyrrole nitrogens is 1. The van der Waals surface area contributed by atoms with Crippen LogP contribution in [0.4, 0.5) is 0 Å². The molecule has 1 fully saturated rings. The number of esters is 1. The number of rotatable bonds is 6. The van der Waals surface area contributed by atoms with Gasteiger partial charge in [-0.15, -0.1) is 0 Å². The number of nitrogens with one attached hydrogen (secondary N) is 2. The first-order valence-corrected chi connectivity index (χ1v) is 9.39. The predicted molar refractivity (Wildman–Crippen MR) is 108 cm³/mol. The molecule has 0 radical (unpaired) electrons. The van der Waals surface area contributed by atoms with E-state index in [0.717, 1.165) is 22.0 Å². The van der Waals surface area contributed by atoms with Crippen molar-refractivity contribution < 1.29 is 19.1 Å². The van der Waals surface area contributed by atoms with Crippen LogP contribution in [0.15, 0.2) is 65.8 Å². The summed E-state index contributed by atoms with van der Waals surface area (Å²) in [6.45, 7) is 1.88. The molecule has 2 atom stereocenters. The van der Waals surface area contributed by atoms with Crippen molar-refractivity contribution in [2.75, 3.05) is 6.54 Å². The summed E-state index contributed by atoms with van der Waals surface area (Å²) in [4.78, 5) is 31.5. The van der Waals surface area contributed by atoms with Crippen LogP contribution in [0.25, 0.3) is 10.9 Å². The lowest BCUT2D eigenvalue weighted by molar-refractivity contribution is -0.143. The van der Waals surface area contributed by atoms with E-state index in [0.29, 0.717) is 0 Å². The van der Waals surface area contributed by atoms with Crippen LogP contribution in [0.3, 0.4) is 0 Å². The van der Waals surface area contributed by atoms with E-state index in [1.807, 2.05) is 67.7 Å². The van der Waals surface area contributed by atoms with Gasteiger partial charge in [-0.25, -0.2) is 4.99 Å². The summed E-state index contributed by atoms with van der Waals surface area (Å²) in [7, 11) is 0. The van der Waals surface area contributed by atoms with Crippen LogP contribution in [0.2, 0.25) is 0 Å². The minimum atomic E-state index is -0.715. The van der Waals surface area contributed by atoms with Crippen molar-refractivity contribution in [1.82, 2.24) is 10.3 Å². The molecule has 0 aliphatic carbocycles. The van der Waals surface area contributed by atoms with Crippen LogP contribution < -0.4 is 5.32 Å². The SMILES string of the molecule is C[C@H](c1c[nH]c2ccccc12)[C@@H]1OC(=NCC(=O)OCc2ccccc2)NC1=O. The van der Waals surface area contributed by atoms with Gasteiger partial charge in [0.15, 0.2) is 6.10 Å². The number of ether oxygens (including phenoxy) is 2.